The molecule has 21 heavy (non-hydrogen) atoms. The molecule has 1 aliphatic rings. The molecule has 0 saturated carbocycles. The number of ether oxygens (including phenoxy) is 1. The third kappa shape index (κ3) is 5.44. The van der Waals surface area contributed by atoms with E-state index in [1.165, 1.54) is 51.0 Å². The Balaban J connectivity index is 1.67. The molecule has 0 spiro atoms. The van der Waals surface area contributed by atoms with Crippen LogP contribution >= 0.6 is 12.6 Å². The SMILES string of the molecule is COc1ccc(N2CCN(CCCCCCS)CC2)cc1. The number of rotatable bonds is 8. The Morgan fingerprint density at radius 1 is 0.952 bits per heavy atom. The number of anilines is 1. The molecule has 0 radical (unpaired) electrons. The fraction of sp³-hybridized carbons (Fsp3) is 0.647. The molecular weight excluding hydrogens is 280 g/mol. The Hall–Kier alpha value is -0.870. The molecule has 1 fully saturated rings. The van der Waals surface area contributed by atoms with Crippen molar-refractivity contribution in [3.63, 3.8) is 0 Å². The lowest BCUT2D eigenvalue weighted by molar-refractivity contribution is 0.252. The molecule has 1 aliphatic heterocycles. The lowest BCUT2D eigenvalue weighted by Crippen LogP contribution is -2.46. The number of unbranched alkanes of at least 4 members (excludes halogenated alkanes) is 3. The van der Waals surface area contributed by atoms with Crippen molar-refractivity contribution in [1.29, 1.82) is 0 Å². The lowest BCUT2D eigenvalue weighted by Gasteiger charge is -2.36. The second kappa shape index (κ2) is 9.21. The summed E-state index contributed by atoms with van der Waals surface area (Å²) in [4.78, 5) is 5.07. The van der Waals surface area contributed by atoms with E-state index in [0.29, 0.717) is 0 Å². The molecule has 0 aromatic heterocycles. The van der Waals surface area contributed by atoms with Crippen LogP contribution in [0.3, 0.4) is 0 Å². The van der Waals surface area contributed by atoms with E-state index in [1.54, 1.807) is 7.11 Å². The van der Waals surface area contributed by atoms with Gasteiger partial charge in [0.15, 0.2) is 0 Å². The molecule has 0 atom stereocenters. The van der Waals surface area contributed by atoms with Crippen molar-refractivity contribution < 1.29 is 4.74 Å². The molecule has 0 unspecified atom stereocenters. The molecule has 2 rings (SSSR count). The van der Waals surface area contributed by atoms with Crippen LogP contribution in [0.2, 0.25) is 0 Å². The van der Waals surface area contributed by atoms with Gasteiger partial charge in [0.05, 0.1) is 7.11 Å². The largest absolute Gasteiger partial charge is 0.497 e. The lowest BCUT2D eigenvalue weighted by atomic mass is 10.2. The van der Waals surface area contributed by atoms with Crippen LogP contribution in [0.15, 0.2) is 24.3 Å². The van der Waals surface area contributed by atoms with Crippen molar-refractivity contribution in [2.45, 2.75) is 25.7 Å². The van der Waals surface area contributed by atoms with E-state index in [1.807, 2.05) is 12.1 Å². The molecule has 1 heterocycles. The van der Waals surface area contributed by atoms with Gasteiger partial charge in [-0.05, 0) is 49.4 Å². The molecule has 118 valence electrons. The van der Waals surface area contributed by atoms with Crippen LogP contribution in [-0.4, -0.2) is 50.5 Å². The summed E-state index contributed by atoms with van der Waals surface area (Å²) in [7, 11) is 1.71. The highest BCUT2D eigenvalue weighted by molar-refractivity contribution is 7.80. The Morgan fingerprint density at radius 3 is 2.24 bits per heavy atom. The van der Waals surface area contributed by atoms with Gasteiger partial charge in [-0.1, -0.05) is 12.8 Å². The van der Waals surface area contributed by atoms with Gasteiger partial charge in [0, 0.05) is 31.9 Å². The first-order valence-corrected chi connectivity index (χ1v) is 8.69. The average Bonchev–Trinajstić information content (AvgIpc) is 2.55. The number of nitrogens with zero attached hydrogens (tertiary/aromatic N) is 2. The monoisotopic (exact) mass is 308 g/mol. The second-order valence-electron chi connectivity index (χ2n) is 5.66. The normalized spacial score (nSPS) is 16.2. The van der Waals surface area contributed by atoms with E-state index < -0.39 is 0 Å². The number of thiol groups is 1. The molecule has 0 amide bonds. The third-order valence-electron chi connectivity index (χ3n) is 4.19. The van der Waals surface area contributed by atoms with Crippen LogP contribution in [-0.2, 0) is 0 Å². The molecule has 1 aromatic carbocycles. The van der Waals surface area contributed by atoms with E-state index in [9.17, 15) is 0 Å². The zero-order chi connectivity index (χ0) is 14.9. The first-order chi connectivity index (χ1) is 10.3. The number of piperazine rings is 1. The molecule has 1 aromatic rings. The van der Waals surface area contributed by atoms with Crippen LogP contribution in [0.5, 0.6) is 5.75 Å². The van der Waals surface area contributed by atoms with Crippen LogP contribution < -0.4 is 9.64 Å². The fourth-order valence-corrected chi connectivity index (χ4v) is 3.05. The summed E-state index contributed by atoms with van der Waals surface area (Å²) in [5, 5.41) is 0. The van der Waals surface area contributed by atoms with Gasteiger partial charge in [-0.3, -0.25) is 4.90 Å². The van der Waals surface area contributed by atoms with Crippen molar-refractivity contribution >= 4 is 18.3 Å². The Labute approximate surface area is 134 Å². The van der Waals surface area contributed by atoms with Crippen molar-refractivity contribution in [3.8, 4) is 5.75 Å². The summed E-state index contributed by atoms with van der Waals surface area (Å²) >= 11 is 4.26. The minimum atomic E-state index is 0.929. The van der Waals surface area contributed by atoms with Gasteiger partial charge in [0.2, 0.25) is 0 Å². The topological polar surface area (TPSA) is 15.7 Å². The maximum Gasteiger partial charge on any atom is 0.119 e. The minimum absolute atomic E-state index is 0.929. The van der Waals surface area contributed by atoms with Crippen molar-refractivity contribution in [1.82, 2.24) is 4.90 Å². The highest BCUT2D eigenvalue weighted by Gasteiger charge is 2.16. The summed E-state index contributed by atoms with van der Waals surface area (Å²) in [5.74, 6) is 1.96. The molecular formula is C17H28N2OS. The van der Waals surface area contributed by atoms with E-state index in [2.05, 4.69) is 34.6 Å². The average molecular weight is 308 g/mol. The first kappa shape index (κ1) is 16.5. The Bertz CT molecular complexity index is 388. The van der Waals surface area contributed by atoms with E-state index in [4.69, 9.17) is 4.74 Å². The summed E-state index contributed by atoms with van der Waals surface area (Å²) in [6, 6.07) is 8.41. The zero-order valence-corrected chi connectivity index (χ0v) is 14.0. The van der Waals surface area contributed by atoms with Gasteiger partial charge in [-0.2, -0.15) is 12.6 Å². The Kier molecular flexibility index (Phi) is 7.24. The van der Waals surface area contributed by atoms with Crippen molar-refractivity contribution in [3.05, 3.63) is 24.3 Å². The number of hydrogen-bond donors (Lipinski definition) is 1. The molecule has 4 heteroatoms. The number of benzene rings is 1. The smallest absolute Gasteiger partial charge is 0.119 e. The minimum Gasteiger partial charge on any atom is -0.497 e. The van der Waals surface area contributed by atoms with Gasteiger partial charge in [0.1, 0.15) is 5.75 Å². The Morgan fingerprint density at radius 2 is 1.62 bits per heavy atom. The molecule has 0 aliphatic carbocycles. The summed E-state index contributed by atoms with van der Waals surface area (Å²) in [6.45, 7) is 5.87. The summed E-state index contributed by atoms with van der Waals surface area (Å²) in [6.07, 6.45) is 5.26. The van der Waals surface area contributed by atoms with Crippen molar-refractivity contribution in [2.24, 2.45) is 0 Å². The fourth-order valence-electron chi connectivity index (χ4n) is 2.82. The van der Waals surface area contributed by atoms with Gasteiger partial charge in [-0.25, -0.2) is 0 Å². The highest BCUT2D eigenvalue weighted by Crippen LogP contribution is 2.20. The quantitative estimate of drug-likeness (QED) is 0.586. The van der Waals surface area contributed by atoms with Gasteiger partial charge in [-0.15, -0.1) is 0 Å². The van der Waals surface area contributed by atoms with Gasteiger partial charge >= 0.3 is 0 Å². The summed E-state index contributed by atoms with van der Waals surface area (Å²) in [5.41, 5.74) is 1.31. The first-order valence-electron chi connectivity index (χ1n) is 8.05. The van der Waals surface area contributed by atoms with E-state index >= 15 is 0 Å². The number of methoxy groups -OCH3 is 1. The van der Waals surface area contributed by atoms with E-state index in [-0.39, 0.29) is 0 Å². The van der Waals surface area contributed by atoms with Crippen LogP contribution in [0.1, 0.15) is 25.7 Å². The third-order valence-corrected chi connectivity index (χ3v) is 4.51. The summed E-state index contributed by atoms with van der Waals surface area (Å²) < 4.78 is 5.21. The molecule has 3 nitrogen and oxygen atoms in total. The number of hydrogen-bond acceptors (Lipinski definition) is 4. The standard InChI is InChI=1S/C17H28N2OS/c1-20-17-8-6-16(7-9-17)19-13-11-18(12-14-19)10-4-2-3-5-15-21/h6-9,21H,2-5,10-15H2,1H3. The molecule has 0 N–H and O–H groups in total. The van der Waals surface area contributed by atoms with Crippen LogP contribution in [0, 0.1) is 0 Å². The highest BCUT2D eigenvalue weighted by atomic mass is 32.1. The maximum absolute atomic E-state index is 5.21. The van der Waals surface area contributed by atoms with Gasteiger partial charge in [0.25, 0.3) is 0 Å². The van der Waals surface area contributed by atoms with E-state index in [0.717, 1.165) is 24.6 Å². The maximum atomic E-state index is 5.21. The molecule has 0 bridgehead atoms. The second-order valence-corrected chi connectivity index (χ2v) is 6.11. The molecule has 1 saturated heterocycles. The van der Waals surface area contributed by atoms with Crippen LogP contribution in [0.4, 0.5) is 5.69 Å². The predicted octanol–water partition coefficient (Wildman–Crippen LogP) is 3.31. The van der Waals surface area contributed by atoms with Gasteiger partial charge < -0.3 is 9.64 Å². The van der Waals surface area contributed by atoms with Crippen LogP contribution in [0.25, 0.3) is 0 Å². The van der Waals surface area contributed by atoms with Crippen molar-refractivity contribution in [2.75, 3.05) is 50.5 Å². The predicted molar refractivity (Wildman–Crippen MR) is 94.0 cm³/mol. The zero-order valence-electron chi connectivity index (χ0n) is 13.1.